The molecule has 0 fully saturated rings. The van der Waals surface area contributed by atoms with Crippen LogP contribution in [-0.4, -0.2) is 5.91 Å². The summed E-state index contributed by atoms with van der Waals surface area (Å²) < 4.78 is 13.6. The van der Waals surface area contributed by atoms with Gasteiger partial charge in [-0.1, -0.05) is 6.07 Å². The highest BCUT2D eigenvalue weighted by atomic mass is 32.1. The highest BCUT2D eigenvalue weighted by Crippen LogP contribution is 2.22. The number of carbonyl (C=O) groups excluding carboxylic acids is 1. The molecule has 0 unspecified atom stereocenters. The maximum atomic E-state index is 13.6. The van der Waals surface area contributed by atoms with Gasteiger partial charge in [-0.15, -0.1) is 11.3 Å². The number of hydrogen-bond donors (Lipinski definition) is 1. The van der Waals surface area contributed by atoms with Crippen molar-refractivity contribution in [3.05, 3.63) is 51.0 Å². The van der Waals surface area contributed by atoms with Crippen molar-refractivity contribution in [1.82, 2.24) is 0 Å². The quantitative estimate of drug-likeness (QED) is 0.869. The van der Waals surface area contributed by atoms with E-state index >= 15 is 0 Å². The predicted octanol–water partition coefficient (Wildman–Crippen LogP) is 4.06. The Kier molecular flexibility index (Phi) is 3.48. The molecule has 0 radical (unpaired) electrons. The molecule has 0 saturated heterocycles. The summed E-state index contributed by atoms with van der Waals surface area (Å²) in [4.78, 5) is 13.7. The van der Waals surface area contributed by atoms with Crippen molar-refractivity contribution >= 4 is 22.9 Å². The van der Waals surface area contributed by atoms with E-state index in [9.17, 15) is 9.18 Å². The Bertz CT molecular complexity index is 584. The van der Waals surface area contributed by atoms with Crippen LogP contribution in [0.5, 0.6) is 0 Å². The first kappa shape index (κ1) is 12.8. The van der Waals surface area contributed by atoms with Gasteiger partial charge in [-0.25, -0.2) is 4.39 Å². The summed E-state index contributed by atoms with van der Waals surface area (Å²) in [7, 11) is 0. The van der Waals surface area contributed by atoms with Crippen molar-refractivity contribution in [1.29, 1.82) is 0 Å². The number of rotatable bonds is 2. The van der Waals surface area contributed by atoms with Gasteiger partial charge in [-0.3, -0.25) is 4.79 Å². The number of amides is 1. The van der Waals surface area contributed by atoms with Crippen LogP contribution in [0.15, 0.2) is 24.3 Å². The monoisotopic (exact) mass is 263 g/mol. The first-order valence-corrected chi connectivity index (χ1v) is 6.43. The van der Waals surface area contributed by atoms with Gasteiger partial charge in [0.2, 0.25) is 0 Å². The molecule has 0 aliphatic carbocycles. The van der Waals surface area contributed by atoms with E-state index in [-0.39, 0.29) is 11.6 Å². The molecular weight excluding hydrogens is 249 g/mol. The zero-order valence-electron chi connectivity index (χ0n) is 10.5. The maximum absolute atomic E-state index is 13.6. The number of hydrogen-bond acceptors (Lipinski definition) is 2. The molecule has 2 nitrogen and oxygen atoms in total. The minimum atomic E-state index is -0.409. The molecule has 4 heteroatoms. The van der Waals surface area contributed by atoms with Crippen LogP contribution >= 0.6 is 11.3 Å². The Morgan fingerprint density at radius 3 is 2.50 bits per heavy atom. The number of halogens is 1. The van der Waals surface area contributed by atoms with Crippen LogP contribution in [0.2, 0.25) is 0 Å². The molecule has 1 aromatic heterocycles. The van der Waals surface area contributed by atoms with Crippen LogP contribution in [0.3, 0.4) is 0 Å². The minimum Gasteiger partial charge on any atom is -0.319 e. The van der Waals surface area contributed by atoms with E-state index in [2.05, 4.69) is 5.32 Å². The van der Waals surface area contributed by atoms with Gasteiger partial charge in [-0.05, 0) is 50.1 Å². The van der Waals surface area contributed by atoms with Crippen molar-refractivity contribution in [3.8, 4) is 0 Å². The number of thiophene rings is 1. The third kappa shape index (κ3) is 2.59. The van der Waals surface area contributed by atoms with Crippen LogP contribution in [0.1, 0.15) is 25.7 Å². The number of carbonyl (C=O) groups is 1. The summed E-state index contributed by atoms with van der Waals surface area (Å²) in [6.45, 7) is 5.72. The lowest BCUT2D eigenvalue weighted by molar-refractivity contribution is 0.103. The number of aryl methyl sites for hydroxylation is 3. The van der Waals surface area contributed by atoms with Crippen molar-refractivity contribution in [2.45, 2.75) is 20.8 Å². The Balaban J connectivity index is 2.21. The molecule has 0 atom stereocenters. The van der Waals surface area contributed by atoms with Gasteiger partial charge in [0.25, 0.3) is 5.91 Å². The lowest BCUT2D eigenvalue weighted by atomic mass is 10.2. The highest BCUT2D eigenvalue weighted by Gasteiger charge is 2.12. The lowest BCUT2D eigenvalue weighted by Gasteiger charge is -2.05. The third-order valence-corrected chi connectivity index (χ3v) is 3.91. The molecule has 0 spiro atoms. The number of anilines is 1. The zero-order chi connectivity index (χ0) is 13.3. The lowest BCUT2D eigenvalue weighted by Crippen LogP contribution is -2.11. The van der Waals surface area contributed by atoms with Crippen LogP contribution in [0.25, 0.3) is 0 Å². The molecule has 1 amide bonds. The Morgan fingerprint density at radius 2 is 1.94 bits per heavy atom. The van der Waals surface area contributed by atoms with Crippen molar-refractivity contribution in [2.75, 3.05) is 5.32 Å². The smallest absolute Gasteiger partial charge is 0.265 e. The minimum absolute atomic E-state index is 0.217. The van der Waals surface area contributed by atoms with Gasteiger partial charge < -0.3 is 5.32 Å². The average molecular weight is 263 g/mol. The molecule has 2 aromatic rings. The first-order chi connectivity index (χ1) is 8.47. The Morgan fingerprint density at radius 1 is 1.22 bits per heavy atom. The van der Waals surface area contributed by atoms with E-state index in [1.165, 1.54) is 17.4 Å². The second-order valence-electron chi connectivity index (χ2n) is 4.29. The van der Waals surface area contributed by atoms with Crippen molar-refractivity contribution in [3.63, 3.8) is 0 Å². The summed E-state index contributed by atoms with van der Waals surface area (Å²) >= 11 is 1.42. The van der Waals surface area contributed by atoms with E-state index in [0.29, 0.717) is 4.88 Å². The first-order valence-electron chi connectivity index (χ1n) is 5.62. The maximum Gasteiger partial charge on any atom is 0.265 e. The molecular formula is C14H14FNOS. The molecule has 1 N–H and O–H groups in total. The van der Waals surface area contributed by atoms with Gasteiger partial charge in [0.05, 0.1) is 10.6 Å². The molecule has 18 heavy (non-hydrogen) atoms. The fourth-order valence-electron chi connectivity index (χ4n) is 1.59. The summed E-state index contributed by atoms with van der Waals surface area (Å²) in [5.74, 6) is -0.674. The average Bonchev–Trinajstić information content (AvgIpc) is 2.63. The number of benzene rings is 1. The topological polar surface area (TPSA) is 29.1 Å². The molecule has 0 saturated carbocycles. The molecule has 0 aliphatic heterocycles. The van der Waals surface area contributed by atoms with Crippen LogP contribution in [0.4, 0.5) is 10.1 Å². The van der Waals surface area contributed by atoms with Crippen LogP contribution in [0, 0.1) is 26.6 Å². The van der Waals surface area contributed by atoms with E-state index in [0.717, 1.165) is 16.0 Å². The summed E-state index contributed by atoms with van der Waals surface area (Å²) in [5, 5.41) is 2.59. The fraction of sp³-hybridized carbons (Fsp3) is 0.214. The molecule has 2 rings (SSSR count). The second-order valence-corrected chi connectivity index (χ2v) is 5.54. The SMILES string of the molecule is Cc1ccc(NC(=O)c2cc(C)c(C)s2)c(F)c1. The van der Waals surface area contributed by atoms with E-state index in [1.54, 1.807) is 19.1 Å². The van der Waals surface area contributed by atoms with E-state index in [4.69, 9.17) is 0 Å². The van der Waals surface area contributed by atoms with Crippen molar-refractivity contribution < 1.29 is 9.18 Å². The Hall–Kier alpha value is -1.68. The summed E-state index contributed by atoms with van der Waals surface area (Å²) in [6.07, 6.45) is 0. The molecule has 94 valence electrons. The third-order valence-electron chi connectivity index (χ3n) is 2.76. The van der Waals surface area contributed by atoms with Crippen LogP contribution in [-0.2, 0) is 0 Å². The second kappa shape index (κ2) is 4.90. The molecule has 0 aliphatic rings. The van der Waals surface area contributed by atoms with Crippen molar-refractivity contribution in [2.24, 2.45) is 0 Å². The summed E-state index contributed by atoms with van der Waals surface area (Å²) in [5.41, 5.74) is 2.12. The predicted molar refractivity (Wildman–Crippen MR) is 72.9 cm³/mol. The van der Waals surface area contributed by atoms with Gasteiger partial charge in [-0.2, -0.15) is 0 Å². The van der Waals surface area contributed by atoms with Gasteiger partial charge >= 0.3 is 0 Å². The van der Waals surface area contributed by atoms with E-state index < -0.39 is 5.82 Å². The standard InChI is InChI=1S/C14H14FNOS/c1-8-4-5-12(11(15)6-8)16-14(17)13-7-9(2)10(3)18-13/h4-7H,1-3H3,(H,16,17). The Labute approximate surface area is 109 Å². The van der Waals surface area contributed by atoms with Gasteiger partial charge in [0.15, 0.2) is 0 Å². The normalized spacial score (nSPS) is 10.4. The molecule has 1 heterocycles. The largest absolute Gasteiger partial charge is 0.319 e. The fourth-order valence-corrected chi connectivity index (χ4v) is 2.52. The summed E-state index contributed by atoms with van der Waals surface area (Å²) in [6, 6.07) is 6.57. The van der Waals surface area contributed by atoms with Gasteiger partial charge in [0.1, 0.15) is 5.82 Å². The van der Waals surface area contributed by atoms with Crippen LogP contribution < -0.4 is 5.32 Å². The molecule has 0 bridgehead atoms. The van der Waals surface area contributed by atoms with E-state index in [1.807, 2.05) is 19.9 Å². The number of nitrogens with one attached hydrogen (secondary N) is 1. The molecule has 1 aromatic carbocycles. The van der Waals surface area contributed by atoms with Gasteiger partial charge in [0, 0.05) is 4.88 Å². The highest BCUT2D eigenvalue weighted by molar-refractivity contribution is 7.14. The zero-order valence-corrected chi connectivity index (χ0v) is 11.3.